The summed E-state index contributed by atoms with van der Waals surface area (Å²) >= 11 is 0. The maximum atomic E-state index is 8.67. The third-order valence-corrected chi connectivity index (χ3v) is 2.98. The van der Waals surface area contributed by atoms with Gasteiger partial charge in [0, 0.05) is 24.8 Å². The molecule has 1 unspecified atom stereocenters. The summed E-state index contributed by atoms with van der Waals surface area (Å²) in [6.07, 6.45) is 2.76. The second-order valence-electron chi connectivity index (χ2n) is 4.98. The molecule has 0 aliphatic heterocycles. The molecule has 0 bridgehead atoms. The summed E-state index contributed by atoms with van der Waals surface area (Å²) in [6, 6.07) is 3.94. The molecule has 1 aromatic rings. The van der Waals surface area contributed by atoms with E-state index in [9.17, 15) is 0 Å². The van der Waals surface area contributed by atoms with Crippen LogP contribution in [0, 0.1) is 5.92 Å². The standard InChI is InChI=1S/C13H22N4O/c1-9(2)7-10(3)17(4)12-8-11(5-6-15-12)13(14)16-18/h5-6,8-10,18H,7H2,1-4H3,(H2,14,16). The van der Waals surface area contributed by atoms with Crippen LogP contribution in [0.2, 0.25) is 0 Å². The fraction of sp³-hybridized carbons (Fsp3) is 0.538. The molecule has 0 aliphatic carbocycles. The van der Waals surface area contributed by atoms with Crippen molar-refractivity contribution in [3.05, 3.63) is 23.9 Å². The Labute approximate surface area is 108 Å². The predicted molar refractivity (Wildman–Crippen MR) is 74.1 cm³/mol. The maximum absolute atomic E-state index is 8.67. The smallest absolute Gasteiger partial charge is 0.170 e. The summed E-state index contributed by atoms with van der Waals surface area (Å²) in [7, 11) is 2.01. The zero-order valence-corrected chi connectivity index (χ0v) is 11.5. The van der Waals surface area contributed by atoms with Crippen molar-refractivity contribution in [2.24, 2.45) is 16.8 Å². The molecular weight excluding hydrogens is 228 g/mol. The van der Waals surface area contributed by atoms with Gasteiger partial charge in [-0.05, 0) is 31.4 Å². The summed E-state index contributed by atoms with van der Waals surface area (Å²) in [4.78, 5) is 6.42. The van der Waals surface area contributed by atoms with E-state index in [0.717, 1.165) is 12.2 Å². The second-order valence-corrected chi connectivity index (χ2v) is 4.98. The lowest BCUT2D eigenvalue weighted by Crippen LogP contribution is -2.31. The van der Waals surface area contributed by atoms with Gasteiger partial charge in [0.15, 0.2) is 5.84 Å². The van der Waals surface area contributed by atoms with Crippen molar-refractivity contribution in [2.45, 2.75) is 33.2 Å². The zero-order valence-electron chi connectivity index (χ0n) is 11.5. The molecule has 0 saturated carbocycles. The molecule has 0 radical (unpaired) electrons. The normalized spacial score (nSPS) is 13.7. The highest BCUT2D eigenvalue weighted by Crippen LogP contribution is 2.17. The van der Waals surface area contributed by atoms with Crippen molar-refractivity contribution in [3.8, 4) is 0 Å². The predicted octanol–water partition coefficient (Wildman–Crippen LogP) is 2.05. The van der Waals surface area contributed by atoms with Crippen molar-refractivity contribution in [1.29, 1.82) is 0 Å². The van der Waals surface area contributed by atoms with Gasteiger partial charge in [-0.25, -0.2) is 4.98 Å². The van der Waals surface area contributed by atoms with Gasteiger partial charge in [0.1, 0.15) is 5.82 Å². The fourth-order valence-corrected chi connectivity index (χ4v) is 1.89. The van der Waals surface area contributed by atoms with Gasteiger partial charge >= 0.3 is 0 Å². The van der Waals surface area contributed by atoms with Gasteiger partial charge < -0.3 is 15.8 Å². The van der Waals surface area contributed by atoms with Crippen LogP contribution in [0.15, 0.2) is 23.5 Å². The van der Waals surface area contributed by atoms with Crippen LogP contribution in [0.1, 0.15) is 32.8 Å². The van der Waals surface area contributed by atoms with E-state index in [-0.39, 0.29) is 5.84 Å². The first-order valence-corrected chi connectivity index (χ1v) is 6.12. The molecule has 18 heavy (non-hydrogen) atoms. The Balaban J connectivity index is 2.89. The Morgan fingerprint density at radius 3 is 2.72 bits per heavy atom. The summed E-state index contributed by atoms with van der Waals surface area (Å²) in [6.45, 7) is 6.56. The van der Waals surface area contributed by atoms with Crippen LogP contribution in [0.3, 0.4) is 0 Å². The molecule has 100 valence electrons. The highest BCUT2D eigenvalue weighted by molar-refractivity contribution is 5.97. The van der Waals surface area contributed by atoms with Crippen LogP contribution in [0.25, 0.3) is 0 Å². The first kappa shape index (κ1) is 14.3. The molecule has 1 heterocycles. The molecule has 0 amide bonds. The van der Waals surface area contributed by atoms with Crippen LogP contribution < -0.4 is 10.6 Å². The SMILES string of the molecule is CC(C)CC(C)N(C)c1cc(C(N)=NO)ccn1. The minimum absolute atomic E-state index is 0.101. The van der Waals surface area contributed by atoms with Gasteiger partial charge in [-0.3, -0.25) is 0 Å². The number of nitrogens with zero attached hydrogens (tertiary/aromatic N) is 3. The molecule has 0 aliphatic rings. The van der Waals surface area contributed by atoms with Crippen molar-refractivity contribution < 1.29 is 5.21 Å². The average Bonchev–Trinajstić information content (AvgIpc) is 2.36. The minimum Gasteiger partial charge on any atom is -0.409 e. The minimum atomic E-state index is 0.101. The summed E-state index contributed by atoms with van der Waals surface area (Å²) in [5, 5.41) is 11.7. The topological polar surface area (TPSA) is 74.7 Å². The van der Waals surface area contributed by atoms with Gasteiger partial charge in [-0.2, -0.15) is 0 Å². The van der Waals surface area contributed by atoms with Gasteiger partial charge in [0.05, 0.1) is 0 Å². The first-order chi connectivity index (χ1) is 8.45. The van der Waals surface area contributed by atoms with Gasteiger partial charge in [-0.15, -0.1) is 0 Å². The quantitative estimate of drug-likeness (QED) is 0.363. The van der Waals surface area contributed by atoms with E-state index >= 15 is 0 Å². The number of oxime groups is 1. The molecule has 1 aromatic heterocycles. The van der Waals surface area contributed by atoms with E-state index in [0.29, 0.717) is 17.5 Å². The van der Waals surface area contributed by atoms with Gasteiger partial charge in [0.2, 0.25) is 0 Å². The molecule has 5 nitrogen and oxygen atoms in total. The largest absolute Gasteiger partial charge is 0.409 e. The van der Waals surface area contributed by atoms with E-state index in [4.69, 9.17) is 10.9 Å². The Morgan fingerprint density at radius 2 is 2.17 bits per heavy atom. The molecule has 0 aromatic carbocycles. The Bertz CT molecular complexity index is 417. The molecule has 1 atom stereocenters. The van der Waals surface area contributed by atoms with Crippen molar-refractivity contribution in [1.82, 2.24) is 4.98 Å². The van der Waals surface area contributed by atoms with E-state index in [2.05, 4.69) is 35.8 Å². The second kappa shape index (κ2) is 6.23. The van der Waals surface area contributed by atoms with E-state index in [1.54, 1.807) is 12.3 Å². The number of anilines is 1. The fourth-order valence-electron chi connectivity index (χ4n) is 1.89. The van der Waals surface area contributed by atoms with Crippen molar-refractivity contribution in [3.63, 3.8) is 0 Å². The lowest BCUT2D eigenvalue weighted by molar-refractivity contribution is 0.318. The lowest BCUT2D eigenvalue weighted by atomic mass is 10.0. The van der Waals surface area contributed by atoms with Crippen molar-refractivity contribution >= 4 is 11.7 Å². The lowest BCUT2D eigenvalue weighted by Gasteiger charge is -2.27. The number of amidine groups is 1. The first-order valence-electron chi connectivity index (χ1n) is 6.12. The zero-order chi connectivity index (χ0) is 13.7. The van der Waals surface area contributed by atoms with E-state index in [1.807, 2.05) is 13.1 Å². The molecule has 5 heteroatoms. The third-order valence-electron chi connectivity index (χ3n) is 2.98. The number of nitrogens with two attached hydrogens (primary N) is 1. The van der Waals surface area contributed by atoms with Crippen molar-refractivity contribution in [2.75, 3.05) is 11.9 Å². The molecule has 3 N–H and O–H groups in total. The number of hydrogen-bond acceptors (Lipinski definition) is 4. The molecule has 0 fully saturated rings. The number of rotatable bonds is 5. The van der Waals surface area contributed by atoms with E-state index in [1.165, 1.54) is 0 Å². The average molecular weight is 250 g/mol. The highest BCUT2D eigenvalue weighted by atomic mass is 16.4. The van der Waals surface area contributed by atoms with Crippen LogP contribution >= 0.6 is 0 Å². The maximum Gasteiger partial charge on any atom is 0.170 e. The summed E-state index contributed by atoms with van der Waals surface area (Å²) in [5.41, 5.74) is 6.25. The molecule has 0 spiro atoms. The van der Waals surface area contributed by atoms with Crippen LogP contribution in [0.5, 0.6) is 0 Å². The monoisotopic (exact) mass is 250 g/mol. The highest BCUT2D eigenvalue weighted by Gasteiger charge is 2.13. The van der Waals surface area contributed by atoms with Gasteiger partial charge in [-0.1, -0.05) is 19.0 Å². The Kier molecular flexibility index (Phi) is 4.95. The van der Waals surface area contributed by atoms with E-state index < -0.39 is 0 Å². The number of pyridine rings is 1. The summed E-state index contributed by atoms with van der Waals surface area (Å²) < 4.78 is 0. The molecule has 0 saturated heterocycles. The van der Waals surface area contributed by atoms with Crippen LogP contribution in [-0.2, 0) is 0 Å². The molecule has 1 rings (SSSR count). The van der Waals surface area contributed by atoms with Gasteiger partial charge in [0.25, 0.3) is 0 Å². The third kappa shape index (κ3) is 3.61. The number of aromatic nitrogens is 1. The number of hydrogen-bond donors (Lipinski definition) is 2. The Morgan fingerprint density at radius 1 is 1.50 bits per heavy atom. The summed E-state index contributed by atoms with van der Waals surface area (Å²) in [5.74, 6) is 1.56. The Hall–Kier alpha value is -1.78. The van der Waals surface area contributed by atoms with Crippen LogP contribution in [-0.4, -0.2) is 29.1 Å². The molecular formula is C13H22N4O. The van der Waals surface area contributed by atoms with Crippen LogP contribution in [0.4, 0.5) is 5.82 Å².